The SMILES string of the molecule is CCCC(COC)Nc1cccc(OCC)c1[N+](=O)[O-]. The van der Waals surface area contributed by atoms with Crippen LogP contribution in [0.2, 0.25) is 0 Å². The van der Waals surface area contributed by atoms with Crippen LogP contribution in [-0.2, 0) is 4.74 Å². The summed E-state index contributed by atoms with van der Waals surface area (Å²) in [7, 11) is 1.62. The van der Waals surface area contributed by atoms with Gasteiger partial charge in [-0.3, -0.25) is 10.1 Å². The summed E-state index contributed by atoms with van der Waals surface area (Å²) in [5, 5.41) is 14.5. The Morgan fingerprint density at radius 2 is 2.15 bits per heavy atom. The number of hydrogen-bond donors (Lipinski definition) is 1. The van der Waals surface area contributed by atoms with Gasteiger partial charge in [-0.1, -0.05) is 19.4 Å². The highest BCUT2D eigenvalue weighted by Gasteiger charge is 2.22. The van der Waals surface area contributed by atoms with Gasteiger partial charge in [-0.2, -0.15) is 0 Å². The maximum atomic E-state index is 11.3. The minimum Gasteiger partial charge on any atom is -0.487 e. The molecule has 20 heavy (non-hydrogen) atoms. The van der Waals surface area contributed by atoms with Crippen molar-refractivity contribution in [3.63, 3.8) is 0 Å². The molecule has 1 rings (SSSR count). The largest absolute Gasteiger partial charge is 0.487 e. The van der Waals surface area contributed by atoms with Crippen LogP contribution in [0.1, 0.15) is 26.7 Å². The van der Waals surface area contributed by atoms with Gasteiger partial charge in [-0.25, -0.2) is 0 Å². The van der Waals surface area contributed by atoms with Gasteiger partial charge in [-0.05, 0) is 25.5 Å². The fraction of sp³-hybridized carbons (Fsp3) is 0.571. The zero-order chi connectivity index (χ0) is 15.0. The lowest BCUT2D eigenvalue weighted by atomic mass is 10.1. The molecule has 1 atom stereocenters. The van der Waals surface area contributed by atoms with Crippen LogP contribution in [0.15, 0.2) is 18.2 Å². The first kappa shape index (κ1) is 16.2. The highest BCUT2D eigenvalue weighted by Crippen LogP contribution is 2.35. The predicted octanol–water partition coefficient (Wildman–Crippen LogP) is 3.22. The number of anilines is 1. The molecule has 0 aliphatic rings. The Morgan fingerprint density at radius 1 is 1.40 bits per heavy atom. The van der Waals surface area contributed by atoms with E-state index in [1.807, 2.05) is 0 Å². The third kappa shape index (κ3) is 4.38. The van der Waals surface area contributed by atoms with E-state index in [0.29, 0.717) is 18.9 Å². The molecule has 0 bridgehead atoms. The van der Waals surface area contributed by atoms with Crippen molar-refractivity contribution in [1.82, 2.24) is 0 Å². The van der Waals surface area contributed by atoms with Crippen molar-refractivity contribution in [3.8, 4) is 5.75 Å². The van der Waals surface area contributed by atoms with Gasteiger partial charge in [0.15, 0.2) is 5.75 Å². The molecule has 0 aliphatic heterocycles. The molecule has 0 aliphatic carbocycles. The van der Waals surface area contributed by atoms with Gasteiger partial charge in [0.1, 0.15) is 5.69 Å². The van der Waals surface area contributed by atoms with E-state index in [1.165, 1.54) is 0 Å². The van der Waals surface area contributed by atoms with E-state index in [2.05, 4.69) is 12.2 Å². The highest BCUT2D eigenvalue weighted by molar-refractivity contribution is 5.68. The molecule has 0 saturated carbocycles. The van der Waals surface area contributed by atoms with E-state index in [-0.39, 0.29) is 17.5 Å². The number of hydrogen-bond acceptors (Lipinski definition) is 5. The summed E-state index contributed by atoms with van der Waals surface area (Å²) in [6.07, 6.45) is 1.85. The van der Waals surface area contributed by atoms with Gasteiger partial charge in [0, 0.05) is 13.2 Å². The third-order valence-electron chi connectivity index (χ3n) is 2.85. The second-order valence-corrected chi connectivity index (χ2v) is 4.43. The lowest BCUT2D eigenvalue weighted by Crippen LogP contribution is -2.25. The van der Waals surface area contributed by atoms with Crippen LogP contribution in [0.3, 0.4) is 0 Å². The smallest absolute Gasteiger partial charge is 0.333 e. The van der Waals surface area contributed by atoms with E-state index in [9.17, 15) is 10.1 Å². The molecule has 6 nitrogen and oxygen atoms in total. The quantitative estimate of drug-likeness (QED) is 0.556. The molecule has 1 aromatic rings. The molecule has 0 saturated heterocycles. The predicted molar refractivity (Wildman–Crippen MR) is 78.5 cm³/mol. The van der Waals surface area contributed by atoms with Crippen molar-refractivity contribution in [2.75, 3.05) is 25.6 Å². The van der Waals surface area contributed by atoms with Crippen molar-refractivity contribution in [2.45, 2.75) is 32.7 Å². The summed E-state index contributed by atoms with van der Waals surface area (Å²) in [4.78, 5) is 10.9. The Bertz CT molecular complexity index is 431. The number of rotatable bonds is 9. The van der Waals surface area contributed by atoms with Gasteiger partial charge in [0.2, 0.25) is 0 Å². The molecule has 0 aromatic heterocycles. The van der Waals surface area contributed by atoms with Gasteiger partial charge in [0.05, 0.1) is 18.1 Å². The fourth-order valence-corrected chi connectivity index (χ4v) is 2.07. The standard InChI is InChI=1S/C14H22N2O4/c1-4-7-11(10-19-3)15-12-8-6-9-13(20-5-2)14(12)16(17)18/h6,8-9,11,15H,4-5,7,10H2,1-3H3. The molecule has 0 radical (unpaired) electrons. The molecular weight excluding hydrogens is 260 g/mol. The van der Waals surface area contributed by atoms with Crippen molar-refractivity contribution in [3.05, 3.63) is 28.3 Å². The van der Waals surface area contributed by atoms with Crippen LogP contribution in [0.5, 0.6) is 5.75 Å². The molecule has 112 valence electrons. The molecule has 0 heterocycles. The monoisotopic (exact) mass is 282 g/mol. The number of ether oxygens (including phenoxy) is 2. The normalized spacial score (nSPS) is 11.9. The van der Waals surface area contributed by atoms with Crippen LogP contribution in [-0.4, -0.2) is 31.3 Å². The zero-order valence-corrected chi connectivity index (χ0v) is 12.2. The average Bonchev–Trinajstić information content (AvgIpc) is 2.39. The number of nitrogens with zero attached hydrogens (tertiary/aromatic N) is 1. The second kappa shape index (κ2) is 8.37. The lowest BCUT2D eigenvalue weighted by molar-refractivity contribution is -0.385. The van der Waals surface area contributed by atoms with Gasteiger partial charge in [0.25, 0.3) is 0 Å². The van der Waals surface area contributed by atoms with Crippen molar-refractivity contribution >= 4 is 11.4 Å². The fourth-order valence-electron chi connectivity index (χ4n) is 2.07. The van der Waals surface area contributed by atoms with Crippen molar-refractivity contribution in [2.24, 2.45) is 0 Å². The Kier molecular flexibility index (Phi) is 6.79. The maximum Gasteiger partial charge on any atom is 0.333 e. The first-order valence-electron chi connectivity index (χ1n) is 6.79. The van der Waals surface area contributed by atoms with Crippen molar-refractivity contribution < 1.29 is 14.4 Å². The molecule has 1 N–H and O–H groups in total. The minimum atomic E-state index is -0.414. The number of benzene rings is 1. The summed E-state index contributed by atoms with van der Waals surface area (Å²) in [6, 6.07) is 5.09. The summed E-state index contributed by atoms with van der Waals surface area (Å²) < 4.78 is 10.5. The van der Waals surface area contributed by atoms with Crippen molar-refractivity contribution in [1.29, 1.82) is 0 Å². The maximum absolute atomic E-state index is 11.3. The van der Waals surface area contributed by atoms with Crippen LogP contribution in [0.25, 0.3) is 0 Å². The third-order valence-corrected chi connectivity index (χ3v) is 2.85. The Balaban J connectivity index is 3.03. The highest BCUT2D eigenvalue weighted by atomic mass is 16.6. The lowest BCUT2D eigenvalue weighted by Gasteiger charge is -2.19. The van der Waals surface area contributed by atoms with Gasteiger partial charge in [-0.15, -0.1) is 0 Å². The summed E-state index contributed by atoms with van der Waals surface area (Å²) in [5.74, 6) is 0.287. The summed E-state index contributed by atoms with van der Waals surface area (Å²) in [5.41, 5.74) is 0.447. The molecule has 1 unspecified atom stereocenters. The van der Waals surface area contributed by atoms with E-state index in [4.69, 9.17) is 9.47 Å². The number of methoxy groups -OCH3 is 1. The molecule has 0 amide bonds. The Labute approximate surface area is 119 Å². The topological polar surface area (TPSA) is 73.6 Å². The Hall–Kier alpha value is -1.82. The number of nitro groups is 1. The Morgan fingerprint density at radius 3 is 2.70 bits per heavy atom. The molecular formula is C14H22N2O4. The molecule has 1 aromatic carbocycles. The first-order chi connectivity index (χ1) is 9.63. The van der Waals surface area contributed by atoms with Crippen LogP contribution >= 0.6 is 0 Å². The molecule has 0 fully saturated rings. The summed E-state index contributed by atoms with van der Waals surface area (Å²) in [6.45, 7) is 4.76. The van der Waals surface area contributed by atoms with Crippen LogP contribution in [0, 0.1) is 10.1 Å². The number of nitro benzene ring substituents is 1. The van der Waals surface area contributed by atoms with E-state index in [1.54, 1.807) is 32.2 Å². The average molecular weight is 282 g/mol. The van der Waals surface area contributed by atoms with E-state index >= 15 is 0 Å². The van der Waals surface area contributed by atoms with Gasteiger partial charge < -0.3 is 14.8 Å². The molecule has 0 spiro atoms. The number of nitrogens with one attached hydrogen (secondary N) is 1. The van der Waals surface area contributed by atoms with E-state index in [0.717, 1.165) is 12.8 Å². The van der Waals surface area contributed by atoms with Gasteiger partial charge >= 0.3 is 5.69 Å². The summed E-state index contributed by atoms with van der Waals surface area (Å²) >= 11 is 0. The first-order valence-corrected chi connectivity index (χ1v) is 6.79. The second-order valence-electron chi connectivity index (χ2n) is 4.43. The zero-order valence-electron chi connectivity index (χ0n) is 12.2. The minimum absolute atomic E-state index is 0.0217. The van der Waals surface area contributed by atoms with E-state index < -0.39 is 4.92 Å². The molecule has 6 heteroatoms. The number of para-hydroxylation sites is 1. The van der Waals surface area contributed by atoms with Crippen LogP contribution < -0.4 is 10.1 Å². The van der Waals surface area contributed by atoms with Crippen LogP contribution in [0.4, 0.5) is 11.4 Å².